The normalized spacial score (nSPS) is 13.2. The largest absolute Gasteiger partial charge is 0.505 e. The van der Waals surface area contributed by atoms with E-state index in [0.717, 1.165) is 22.8 Å². The number of pyridine rings is 1. The predicted octanol–water partition coefficient (Wildman–Crippen LogP) is 0.148. The number of carbonyl (C=O) groups excluding carboxylic acids is 2. The topological polar surface area (TPSA) is 114 Å². The Kier molecular flexibility index (Phi) is 2.55. The van der Waals surface area contributed by atoms with Crippen molar-refractivity contribution in [3.05, 3.63) is 51.6 Å². The number of carbonyl (C=O) groups is 2. The molecule has 1 aromatic carbocycles. The molecule has 0 fully saturated rings. The molecule has 21 heavy (non-hydrogen) atoms. The SMILES string of the molecule is Nc1c2c(cc(=O)n1-c1ccc(O)c(F)c1)C(=O)NC2=O. The van der Waals surface area contributed by atoms with Crippen molar-refractivity contribution in [1.82, 2.24) is 9.88 Å². The molecule has 1 aromatic heterocycles. The number of anilines is 1. The second-order valence-electron chi connectivity index (χ2n) is 4.41. The maximum absolute atomic E-state index is 13.4. The Morgan fingerprint density at radius 1 is 1.14 bits per heavy atom. The molecule has 2 amide bonds. The highest BCUT2D eigenvalue weighted by Gasteiger charge is 2.31. The zero-order valence-electron chi connectivity index (χ0n) is 10.4. The summed E-state index contributed by atoms with van der Waals surface area (Å²) in [5, 5.41) is 11.2. The smallest absolute Gasteiger partial charge is 0.262 e. The Bertz CT molecular complexity index is 872. The molecule has 0 saturated heterocycles. The predicted molar refractivity (Wildman–Crippen MR) is 69.9 cm³/mol. The highest BCUT2D eigenvalue weighted by molar-refractivity contribution is 6.23. The van der Waals surface area contributed by atoms with Gasteiger partial charge in [-0.05, 0) is 12.1 Å². The maximum atomic E-state index is 13.4. The number of halogens is 1. The first-order valence-electron chi connectivity index (χ1n) is 5.80. The van der Waals surface area contributed by atoms with Gasteiger partial charge in [0.25, 0.3) is 17.4 Å². The van der Waals surface area contributed by atoms with Crippen LogP contribution >= 0.6 is 0 Å². The number of rotatable bonds is 1. The molecule has 1 aliphatic heterocycles. The number of phenols is 1. The number of nitrogens with one attached hydrogen (secondary N) is 1. The number of aromatic hydroxyl groups is 1. The van der Waals surface area contributed by atoms with Crippen molar-refractivity contribution in [2.24, 2.45) is 0 Å². The average molecular weight is 289 g/mol. The summed E-state index contributed by atoms with van der Waals surface area (Å²) >= 11 is 0. The maximum Gasteiger partial charge on any atom is 0.262 e. The molecule has 4 N–H and O–H groups in total. The molecular formula is C13H8FN3O4. The van der Waals surface area contributed by atoms with Gasteiger partial charge in [0.05, 0.1) is 16.8 Å². The van der Waals surface area contributed by atoms with E-state index in [1.165, 1.54) is 6.07 Å². The molecule has 8 heteroatoms. The van der Waals surface area contributed by atoms with Gasteiger partial charge in [0.1, 0.15) is 5.82 Å². The Hall–Kier alpha value is -3.16. The van der Waals surface area contributed by atoms with Crippen LogP contribution in [0.5, 0.6) is 5.75 Å². The number of nitrogens with zero attached hydrogens (tertiary/aromatic N) is 1. The molecule has 0 radical (unpaired) electrons. The molecule has 2 heterocycles. The van der Waals surface area contributed by atoms with E-state index in [0.29, 0.717) is 0 Å². The number of imide groups is 1. The number of phenolic OH excluding ortho intramolecular Hbond substituents is 1. The Morgan fingerprint density at radius 2 is 1.86 bits per heavy atom. The van der Waals surface area contributed by atoms with Crippen molar-refractivity contribution in [3.63, 3.8) is 0 Å². The molecule has 0 aliphatic carbocycles. The van der Waals surface area contributed by atoms with E-state index in [-0.39, 0.29) is 22.6 Å². The van der Waals surface area contributed by atoms with Gasteiger partial charge in [-0.3, -0.25) is 24.3 Å². The summed E-state index contributed by atoms with van der Waals surface area (Å²) in [5.41, 5.74) is 4.87. The number of nitrogen functional groups attached to an aromatic ring is 1. The third kappa shape index (κ3) is 1.76. The first kappa shape index (κ1) is 12.9. The number of nitrogens with two attached hydrogens (primary N) is 1. The van der Waals surface area contributed by atoms with Crippen LogP contribution in [-0.2, 0) is 0 Å². The van der Waals surface area contributed by atoms with Gasteiger partial charge in [0, 0.05) is 12.1 Å². The summed E-state index contributed by atoms with van der Waals surface area (Å²) in [4.78, 5) is 35.2. The van der Waals surface area contributed by atoms with Crippen LogP contribution < -0.4 is 16.6 Å². The minimum atomic E-state index is -0.945. The van der Waals surface area contributed by atoms with E-state index in [9.17, 15) is 18.8 Å². The van der Waals surface area contributed by atoms with Crippen molar-refractivity contribution in [1.29, 1.82) is 0 Å². The monoisotopic (exact) mass is 289 g/mol. The van der Waals surface area contributed by atoms with E-state index in [1.807, 2.05) is 5.32 Å². The average Bonchev–Trinajstić information content (AvgIpc) is 2.69. The fraction of sp³-hybridized carbons (Fsp3) is 0. The summed E-state index contributed by atoms with van der Waals surface area (Å²) in [5.74, 6) is -3.23. The minimum absolute atomic E-state index is 0.0303. The first-order chi connectivity index (χ1) is 9.90. The van der Waals surface area contributed by atoms with Crippen molar-refractivity contribution in [2.45, 2.75) is 0 Å². The van der Waals surface area contributed by atoms with E-state index in [2.05, 4.69) is 0 Å². The standard InChI is InChI=1S/C13H8FN3O4/c14-7-3-5(1-2-8(7)18)17-9(19)4-6-10(11(17)15)13(21)16-12(6)20/h1-4,18H,15H2,(H,16,20,21). The lowest BCUT2D eigenvalue weighted by molar-refractivity contribution is 0.0880. The molecular weight excluding hydrogens is 281 g/mol. The lowest BCUT2D eigenvalue weighted by atomic mass is 10.1. The Morgan fingerprint density at radius 3 is 2.52 bits per heavy atom. The number of hydrogen-bond donors (Lipinski definition) is 3. The van der Waals surface area contributed by atoms with Crippen LogP contribution in [0.4, 0.5) is 10.2 Å². The fourth-order valence-corrected chi connectivity index (χ4v) is 2.18. The fourth-order valence-electron chi connectivity index (χ4n) is 2.18. The zero-order valence-corrected chi connectivity index (χ0v) is 10.4. The van der Waals surface area contributed by atoms with Crippen LogP contribution in [-0.4, -0.2) is 21.5 Å². The van der Waals surface area contributed by atoms with Crippen LogP contribution in [0.25, 0.3) is 5.69 Å². The van der Waals surface area contributed by atoms with Gasteiger partial charge in [-0.15, -0.1) is 0 Å². The Balaban J connectivity index is 2.32. The van der Waals surface area contributed by atoms with E-state index >= 15 is 0 Å². The van der Waals surface area contributed by atoms with Crippen molar-refractivity contribution in [2.75, 3.05) is 5.73 Å². The number of fused-ring (bicyclic) bond motifs is 1. The van der Waals surface area contributed by atoms with Crippen LogP contribution in [0.2, 0.25) is 0 Å². The van der Waals surface area contributed by atoms with Gasteiger partial charge in [-0.1, -0.05) is 0 Å². The summed E-state index contributed by atoms with van der Waals surface area (Å²) in [6.07, 6.45) is 0. The Labute approximate surface area is 116 Å². The summed E-state index contributed by atoms with van der Waals surface area (Å²) in [6.45, 7) is 0. The molecule has 0 spiro atoms. The van der Waals surface area contributed by atoms with Gasteiger partial charge in [0.2, 0.25) is 0 Å². The lowest BCUT2D eigenvalue weighted by Crippen LogP contribution is -2.24. The third-order valence-electron chi connectivity index (χ3n) is 3.14. The van der Waals surface area contributed by atoms with Gasteiger partial charge >= 0.3 is 0 Å². The highest BCUT2D eigenvalue weighted by atomic mass is 19.1. The quantitative estimate of drug-likeness (QED) is 0.646. The van der Waals surface area contributed by atoms with Crippen LogP contribution in [0, 0.1) is 5.82 Å². The number of aromatic nitrogens is 1. The third-order valence-corrected chi connectivity index (χ3v) is 3.14. The lowest BCUT2D eigenvalue weighted by Gasteiger charge is -2.12. The van der Waals surface area contributed by atoms with Crippen molar-refractivity contribution < 1.29 is 19.1 Å². The van der Waals surface area contributed by atoms with E-state index < -0.39 is 28.9 Å². The number of amides is 2. The molecule has 0 unspecified atom stereocenters. The van der Waals surface area contributed by atoms with Crippen LogP contribution in [0.15, 0.2) is 29.1 Å². The number of hydrogen-bond acceptors (Lipinski definition) is 5. The van der Waals surface area contributed by atoms with Crippen LogP contribution in [0.1, 0.15) is 20.7 Å². The molecule has 106 valence electrons. The van der Waals surface area contributed by atoms with Crippen LogP contribution in [0.3, 0.4) is 0 Å². The zero-order chi connectivity index (χ0) is 15.3. The second kappa shape index (κ2) is 4.17. The molecule has 0 bridgehead atoms. The van der Waals surface area contributed by atoms with Gasteiger partial charge in [-0.25, -0.2) is 4.39 Å². The molecule has 7 nitrogen and oxygen atoms in total. The highest BCUT2D eigenvalue weighted by Crippen LogP contribution is 2.24. The number of benzene rings is 1. The summed E-state index contributed by atoms with van der Waals surface area (Å²) in [7, 11) is 0. The molecule has 1 aliphatic rings. The second-order valence-corrected chi connectivity index (χ2v) is 4.41. The summed E-state index contributed by atoms with van der Waals surface area (Å²) < 4.78 is 14.3. The molecule has 0 saturated carbocycles. The van der Waals surface area contributed by atoms with Gasteiger partial charge in [-0.2, -0.15) is 0 Å². The van der Waals surface area contributed by atoms with Gasteiger partial charge < -0.3 is 10.8 Å². The first-order valence-corrected chi connectivity index (χ1v) is 5.80. The molecule has 2 aromatic rings. The van der Waals surface area contributed by atoms with E-state index in [1.54, 1.807) is 0 Å². The molecule has 3 rings (SSSR count). The minimum Gasteiger partial charge on any atom is -0.505 e. The van der Waals surface area contributed by atoms with Crippen molar-refractivity contribution in [3.8, 4) is 11.4 Å². The molecule has 0 atom stereocenters. The van der Waals surface area contributed by atoms with Gasteiger partial charge in [0.15, 0.2) is 11.6 Å². The summed E-state index contributed by atoms with van der Waals surface area (Å²) in [6, 6.07) is 4.16. The van der Waals surface area contributed by atoms with E-state index in [4.69, 9.17) is 10.8 Å². The van der Waals surface area contributed by atoms with Crippen molar-refractivity contribution >= 4 is 17.6 Å².